The fraction of sp³-hybridized carbons (Fsp3) is 0.857. The number of guanidine groups is 1. The largest absolute Gasteiger partial charge is 0.393 e. The Balaban J connectivity index is 1.33. The molecule has 0 spiro atoms. The van der Waals surface area contributed by atoms with Crippen LogP contribution in [0.5, 0.6) is 0 Å². The van der Waals surface area contributed by atoms with Crippen molar-refractivity contribution in [2.24, 2.45) is 44.6 Å². The topological polar surface area (TPSA) is 89.2 Å². The van der Waals surface area contributed by atoms with Gasteiger partial charge in [-0.3, -0.25) is 4.99 Å². The molecule has 190 valence electrons. The maximum Gasteiger partial charge on any atom is 0.212 e. The zero-order chi connectivity index (χ0) is 24.0. The van der Waals surface area contributed by atoms with Gasteiger partial charge in [0.2, 0.25) is 5.96 Å². The summed E-state index contributed by atoms with van der Waals surface area (Å²) in [6.07, 6.45) is 15.9. The van der Waals surface area contributed by atoms with Crippen LogP contribution in [0.3, 0.4) is 0 Å². The van der Waals surface area contributed by atoms with Crippen LogP contribution in [0.2, 0.25) is 0 Å². The van der Waals surface area contributed by atoms with E-state index in [-0.39, 0.29) is 16.9 Å². The number of hydrogen-bond donors (Lipinski definition) is 4. The van der Waals surface area contributed by atoms with Crippen LogP contribution < -0.4 is 10.7 Å². The van der Waals surface area contributed by atoms with Gasteiger partial charge in [0.15, 0.2) is 0 Å². The standard InChI is InChI=1S/C28H46N4O2/c1-4-19(18-31-32-25-29-14-5-15-30-25)16-21-8-13-28(34)24-7-6-20-17-22(33)9-11-26(20,2)23(24)10-12-27(21,28)3/h16,18,20-24,33-34H,4-15,17H2,1-3H3,(H2,29,30,32)/b19-16+,31-18+/t20-,21-,22+,23+,24-,26+,27-,28+/m1/s1. The Morgan fingerprint density at radius 3 is 2.76 bits per heavy atom. The highest BCUT2D eigenvalue weighted by atomic mass is 16.3. The van der Waals surface area contributed by atoms with Gasteiger partial charge in [0.25, 0.3) is 0 Å². The first kappa shape index (κ1) is 24.3. The highest BCUT2D eigenvalue weighted by Gasteiger charge is 2.66. The van der Waals surface area contributed by atoms with Crippen molar-refractivity contribution >= 4 is 12.2 Å². The molecule has 4 aliphatic carbocycles. The van der Waals surface area contributed by atoms with Crippen LogP contribution in [0.25, 0.3) is 0 Å². The van der Waals surface area contributed by atoms with Crippen molar-refractivity contribution in [2.45, 2.75) is 103 Å². The molecule has 4 N–H and O–H groups in total. The number of allylic oxidation sites excluding steroid dienone is 2. The molecule has 34 heavy (non-hydrogen) atoms. The van der Waals surface area contributed by atoms with Crippen LogP contribution >= 0.6 is 0 Å². The third-order valence-corrected chi connectivity index (χ3v) is 11.0. The molecule has 6 nitrogen and oxygen atoms in total. The summed E-state index contributed by atoms with van der Waals surface area (Å²) < 4.78 is 0. The first-order valence-corrected chi connectivity index (χ1v) is 14.0. The van der Waals surface area contributed by atoms with E-state index >= 15 is 0 Å². The summed E-state index contributed by atoms with van der Waals surface area (Å²) in [7, 11) is 0. The van der Waals surface area contributed by atoms with E-state index in [9.17, 15) is 10.2 Å². The monoisotopic (exact) mass is 470 g/mol. The molecule has 0 amide bonds. The molecule has 0 aromatic rings. The van der Waals surface area contributed by atoms with E-state index in [2.05, 4.69) is 47.7 Å². The number of rotatable bonds is 4. The second-order valence-electron chi connectivity index (χ2n) is 12.4. The molecule has 5 rings (SSSR count). The summed E-state index contributed by atoms with van der Waals surface area (Å²) in [6, 6.07) is 0. The van der Waals surface area contributed by atoms with Crippen molar-refractivity contribution in [3.8, 4) is 0 Å². The zero-order valence-corrected chi connectivity index (χ0v) is 21.5. The van der Waals surface area contributed by atoms with Gasteiger partial charge in [-0.1, -0.05) is 26.8 Å². The van der Waals surface area contributed by atoms with E-state index < -0.39 is 5.60 Å². The van der Waals surface area contributed by atoms with Gasteiger partial charge in [0.05, 0.1) is 17.9 Å². The van der Waals surface area contributed by atoms with Crippen molar-refractivity contribution in [1.82, 2.24) is 10.7 Å². The normalized spacial score (nSPS) is 46.8. The molecule has 8 atom stereocenters. The maximum absolute atomic E-state index is 12.4. The Bertz CT molecular complexity index is 855. The zero-order valence-electron chi connectivity index (χ0n) is 21.5. The van der Waals surface area contributed by atoms with E-state index in [0.717, 1.165) is 76.8 Å². The Labute approximate surface area is 205 Å². The molecule has 0 aromatic heterocycles. The lowest BCUT2D eigenvalue weighted by Gasteiger charge is -2.63. The molecule has 0 radical (unpaired) electrons. The molecule has 5 aliphatic rings. The van der Waals surface area contributed by atoms with E-state index in [1.165, 1.54) is 18.4 Å². The third-order valence-electron chi connectivity index (χ3n) is 11.0. The average molecular weight is 471 g/mol. The predicted molar refractivity (Wildman–Crippen MR) is 138 cm³/mol. The number of aliphatic hydroxyl groups is 2. The van der Waals surface area contributed by atoms with Gasteiger partial charge in [0, 0.05) is 18.5 Å². The second kappa shape index (κ2) is 9.24. The van der Waals surface area contributed by atoms with Gasteiger partial charge in [-0.15, -0.1) is 0 Å². The van der Waals surface area contributed by atoms with E-state index in [4.69, 9.17) is 0 Å². The third kappa shape index (κ3) is 3.93. The molecule has 4 saturated carbocycles. The van der Waals surface area contributed by atoms with Crippen LogP contribution in [0.4, 0.5) is 0 Å². The minimum atomic E-state index is -0.573. The highest BCUT2D eigenvalue weighted by molar-refractivity contribution is 5.83. The number of nitrogens with zero attached hydrogens (tertiary/aromatic N) is 2. The second-order valence-corrected chi connectivity index (χ2v) is 12.4. The van der Waals surface area contributed by atoms with E-state index in [0.29, 0.717) is 23.7 Å². The smallest absolute Gasteiger partial charge is 0.212 e. The summed E-state index contributed by atoms with van der Waals surface area (Å²) >= 11 is 0. The summed E-state index contributed by atoms with van der Waals surface area (Å²) in [5, 5.41) is 30.4. The number of aliphatic hydroxyl groups excluding tert-OH is 1. The molecule has 0 bridgehead atoms. The van der Waals surface area contributed by atoms with Gasteiger partial charge in [-0.25, -0.2) is 5.43 Å². The fourth-order valence-electron chi connectivity index (χ4n) is 8.81. The fourth-order valence-corrected chi connectivity index (χ4v) is 8.81. The van der Waals surface area contributed by atoms with Gasteiger partial charge in [-0.2, -0.15) is 5.10 Å². The van der Waals surface area contributed by atoms with Crippen LogP contribution in [-0.2, 0) is 0 Å². The summed E-state index contributed by atoms with van der Waals surface area (Å²) in [5.74, 6) is 2.78. The van der Waals surface area contributed by atoms with Crippen LogP contribution in [-0.4, -0.2) is 47.2 Å². The number of hydrazone groups is 1. The van der Waals surface area contributed by atoms with Gasteiger partial charge < -0.3 is 15.5 Å². The Hall–Kier alpha value is -1.40. The molecule has 4 fully saturated rings. The van der Waals surface area contributed by atoms with Gasteiger partial charge in [0.1, 0.15) is 0 Å². The number of nitrogens with one attached hydrogen (secondary N) is 2. The van der Waals surface area contributed by atoms with Crippen molar-refractivity contribution in [3.63, 3.8) is 0 Å². The van der Waals surface area contributed by atoms with Crippen molar-refractivity contribution in [1.29, 1.82) is 0 Å². The van der Waals surface area contributed by atoms with Crippen LogP contribution in [0.15, 0.2) is 21.7 Å². The van der Waals surface area contributed by atoms with Crippen molar-refractivity contribution in [2.75, 3.05) is 13.1 Å². The number of hydrogen-bond acceptors (Lipinski definition) is 6. The minimum Gasteiger partial charge on any atom is -0.393 e. The minimum absolute atomic E-state index is 0.0672. The molecule has 0 saturated heterocycles. The van der Waals surface area contributed by atoms with Crippen LogP contribution in [0, 0.1) is 34.5 Å². The summed E-state index contributed by atoms with van der Waals surface area (Å²) in [6.45, 7) is 8.85. The quantitative estimate of drug-likeness (QED) is 0.363. The molecular formula is C28H46N4O2. The van der Waals surface area contributed by atoms with Gasteiger partial charge >= 0.3 is 0 Å². The molecule has 1 aliphatic heterocycles. The summed E-state index contributed by atoms with van der Waals surface area (Å²) in [5.41, 5.74) is 3.94. The Kier molecular flexibility index (Phi) is 6.60. The van der Waals surface area contributed by atoms with Crippen molar-refractivity contribution in [3.05, 3.63) is 11.6 Å². The lowest BCUT2D eigenvalue weighted by atomic mass is 9.43. The molecule has 0 aromatic carbocycles. The lowest BCUT2D eigenvalue weighted by molar-refractivity contribution is -0.207. The molecular weight excluding hydrogens is 424 g/mol. The SMILES string of the molecule is CCC(/C=N/NC1=NCCCN1)=C\[C@H]1CC[C@]2(O)[C@@H]3CC[C@@H]4C[C@@H](O)CC[C@]4(C)[C@H]3CC[C@]12C. The molecule has 6 heteroatoms. The Morgan fingerprint density at radius 2 is 2.00 bits per heavy atom. The molecule has 1 heterocycles. The van der Waals surface area contributed by atoms with Crippen molar-refractivity contribution < 1.29 is 10.2 Å². The van der Waals surface area contributed by atoms with Gasteiger partial charge in [-0.05, 0) is 105 Å². The highest BCUT2D eigenvalue weighted by Crippen LogP contribution is 2.69. The Morgan fingerprint density at radius 1 is 1.15 bits per heavy atom. The van der Waals surface area contributed by atoms with E-state index in [1.807, 2.05) is 6.21 Å². The first-order valence-electron chi connectivity index (χ1n) is 14.0. The van der Waals surface area contributed by atoms with E-state index in [1.54, 1.807) is 0 Å². The summed E-state index contributed by atoms with van der Waals surface area (Å²) in [4.78, 5) is 4.42. The number of fused-ring (bicyclic) bond motifs is 5. The number of aliphatic imine (C=N–C) groups is 1. The average Bonchev–Trinajstić information content (AvgIpc) is 3.10. The molecule has 0 unspecified atom stereocenters. The first-order chi connectivity index (χ1) is 16.3. The maximum atomic E-state index is 12.4. The predicted octanol–water partition coefficient (Wildman–Crippen LogP) is 4.38. The van der Waals surface area contributed by atoms with Crippen LogP contribution in [0.1, 0.15) is 91.4 Å². The lowest BCUT2D eigenvalue weighted by Crippen LogP contribution is -2.62.